The Morgan fingerprint density at radius 2 is 2.00 bits per heavy atom. The van der Waals surface area contributed by atoms with E-state index in [1.54, 1.807) is 0 Å². The molecule has 2 fully saturated rings. The highest BCUT2D eigenvalue weighted by Gasteiger charge is 2.40. The van der Waals surface area contributed by atoms with Gasteiger partial charge in [-0.15, -0.1) is 0 Å². The number of ether oxygens (including phenoxy) is 2. The molecule has 1 aromatic rings. The van der Waals surface area contributed by atoms with Gasteiger partial charge in [0.05, 0.1) is 25.9 Å². The summed E-state index contributed by atoms with van der Waals surface area (Å²) < 4.78 is 24.6. The van der Waals surface area contributed by atoms with Crippen LogP contribution in [0.25, 0.3) is 0 Å². The van der Waals surface area contributed by atoms with Crippen molar-refractivity contribution in [3.8, 4) is 5.75 Å². The average Bonchev–Trinajstić information content (AvgIpc) is 2.47. The third-order valence-electron chi connectivity index (χ3n) is 4.70. The second-order valence-corrected chi connectivity index (χ2v) is 5.89. The number of ketones is 1. The van der Waals surface area contributed by atoms with E-state index < -0.39 is 5.82 Å². The molecular weight excluding hydrogens is 273 g/mol. The first-order valence-corrected chi connectivity index (χ1v) is 7.27. The lowest BCUT2D eigenvalue weighted by atomic mass is 9.81. The highest BCUT2D eigenvalue weighted by atomic mass is 19.1. The molecule has 2 aliphatic rings. The third kappa shape index (κ3) is 2.68. The third-order valence-corrected chi connectivity index (χ3v) is 4.70. The second-order valence-electron chi connectivity index (χ2n) is 5.89. The van der Waals surface area contributed by atoms with Crippen LogP contribution >= 0.6 is 0 Å². The summed E-state index contributed by atoms with van der Waals surface area (Å²) in [6.45, 7) is 1.30. The maximum atomic E-state index is 14.0. The van der Waals surface area contributed by atoms with E-state index in [9.17, 15) is 9.18 Å². The maximum Gasteiger partial charge on any atom is 0.169 e. The van der Waals surface area contributed by atoms with Crippen molar-refractivity contribution < 1.29 is 18.7 Å². The van der Waals surface area contributed by atoms with Crippen LogP contribution in [0.5, 0.6) is 5.75 Å². The number of hydrogen-bond acceptors (Lipinski definition) is 4. The van der Waals surface area contributed by atoms with Crippen LogP contribution in [0.2, 0.25) is 0 Å². The molecule has 4 nitrogen and oxygen atoms in total. The molecule has 5 heteroatoms. The van der Waals surface area contributed by atoms with E-state index in [0.29, 0.717) is 19.0 Å². The van der Waals surface area contributed by atoms with Gasteiger partial charge in [-0.3, -0.25) is 9.69 Å². The first-order valence-electron chi connectivity index (χ1n) is 7.27. The first kappa shape index (κ1) is 14.5. The number of carbonyl (C=O) groups excluding carboxylic acids is 1. The van der Waals surface area contributed by atoms with Gasteiger partial charge in [-0.2, -0.15) is 0 Å². The number of hydrogen-bond donors (Lipinski definition) is 0. The van der Waals surface area contributed by atoms with Crippen LogP contribution in [0.4, 0.5) is 4.39 Å². The minimum Gasteiger partial charge on any atom is -0.497 e. The lowest BCUT2D eigenvalue weighted by Crippen LogP contribution is -2.55. The van der Waals surface area contributed by atoms with Crippen LogP contribution in [0.3, 0.4) is 0 Å². The van der Waals surface area contributed by atoms with E-state index in [-0.39, 0.29) is 29.3 Å². The fraction of sp³-hybridized carbons (Fsp3) is 0.562. The number of likely N-dealkylation sites (N-methyl/N-ethyl adjacent to an activating group) is 1. The van der Waals surface area contributed by atoms with E-state index in [1.807, 2.05) is 0 Å². The molecule has 0 aliphatic carbocycles. The smallest absolute Gasteiger partial charge is 0.169 e. The Kier molecular flexibility index (Phi) is 3.95. The Bertz CT molecular complexity index is 534. The van der Waals surface area contributed by atoms with Crippen molar-refractivity contribution in [3.63, 3.8) is 0 Å². The van der Waals surface area contributed by atoms with Crippen molar-refractivity contribution in [1.29, 1.82) is 0 Å². The summed E-state index contributed by atoms with van der Waals surface area (Å²) in [7, 11) is 3.59. The van der Waals surface area contributed by atoms with Gasteiger partial charge in [-0.05, 0) is 38.1 Å². The van der Waals surface area contributed by atoms with Crippen LogP contribution in [0, 0.1) is 11.7 Å². The molecule has 0 radical (unpaired) electrons. The van der Waals surface area contributed by atoms with E-state index in [0.717, 1.165) is 12.8 Å². The zero-order valence-corrected chi connectivity index (χ0v) is 12.3. The monoisotopic (exact) mass is 293 g/mol. The molecule has 0 saturated carbocycles. The largest absolute Gasteiger partial charge is 0.497 e. The van der Waals surface area contributed by atoms with Crippen molar-refractivity contribution in [1.82, 2.24) is 4.90 Å². The maximum absolute atomic E-state index is 14.0. The van der Waals surface area contributed by atoms with Crippen molar-refractivity contribution in [3.05, 3.63) is 29.6 Å². The normalized spacial score (nSPS) is 29.2. The van der Waals surface area contributed by atoms with Gasteiger partial charge in [0.15, 0.2) is 5.78 Å². The summed E-state index contributed by atoms with van der Waals surface area (Å²) >= 11 is 0. The van der Waals surface area contributed by atoms with Crippen molar-refractivity contribution in [2.24, 2.45) is 5.92 Å². The number of piperidine rings is 1. The number of halogens is 1. The van der Waals surface area contributed by atoms with Gasteiger partial charge in [0.1, 0.15) is 11.6 Å². The van der Waals surface area contributed by atoms with Gasteiger partial charge >= 0.3 is 0 Å². The molecule has 2 atom stereocenters. The van der Waals surface area contributed by atoms with Crippen LogP contribution in [0.1, 0.15) is 23.2 Å². The molecule has 0 N–H and O–H groups in total. The van der Waals surface area contributed by atoms with E-state index >= 15 is 0 Å². The first-order chi connectivity index (χ1) is 10.1. The zero-order valence-electron chi connectivity index (χ0n) is 12.3. The molecule has 1 aromatic carbocycles. The molecule has 2 heterocycles. The Hall–Kier alpha value is -1.46. The summed E-state index contributed by atoms with van der Waals surface area (Å²) in [5.74, 6) is -0.213. The highest BCUT2D eigenvalue weighted by molar-refractivity contribution is 5.98. The highest BCUT2D eigenvalue weighted by Crippen LogP contribution is 2.33. The number of rotatable bonds is 3. The minimum atomic E-state index is -0.471. The van der Waals surface area contributed by atoms with Crippen LogP contribution in [-0.2, 0) is 4.74 Å². The Balaban J connectivity index is 1.82. The summed E-state index contributed by atoms with van der Waals surface area (Å²) in [6, 6.07) is 4.83. The lowest BCUT2D eigenvalue weighted by molar-refractivity contribution is -0.0702. The number of methoxy groups -OCH3 is 1. The average molecular weight is 293 g/mol. The van der Waals surface area contributed by atoms with Gasteiger partial charge in [-0.1, -0.05) is 0 Å². The Morgan fingerprint density at radius 3 is 2.62 bits per heavy atom. The molecule has 3 rings (SSSR count). The standard InChI is InChI=1S/C16H20FNO3/c1-18-11-5-10(6-12(18)9-21-8-11)16(19)14-7-13(20-2)3-4-15(14)17/h3-4,7,10-12H,5-6,8-9H2,1-2H3. The van der Waals surface area contributed by atoms with Crippen LogP contribution in [-0.4, -0.2) is 50.1 Å². The number of carbonyl (C=O) groups is 1. The Labute approximate surface area is 123 Å². The quantitative estimate of drug-likeness (QED) is 0.800. The molecule has 2 unspecified atom stereocenters. The number of morpholine rings is 1. The fourth-order valence-corrected chi connectivity index (χ4v) is 3.35. The SMILES string of the molecule is COc1ccc(F)c(C(=O)C2CC3COCC(C2)N3C)c1. The molecule has 114 valence electrons. The minimum absolute atomic E-state index is 0.114. The zero-order chi connectivity index (χ0) is 15.0. The van der Waals surface area contributed by atoms with Gasteiger partial charge in [0.25, 0.3) is 0 Å². The van der Waals surface area contributed by atoms with Crippen molar-refractivity contribution in [2.45, 2.75) is 24.9 Å². The number of benzene rings is 1. The van der Waals surface area contributed by atoms with Gasteiger partial charge in [0.2, 0.25) is 0 Å². The predicted molar refractivity (Wildman–Crippen MR) is 76.2 cm³/mol. The van der Waals surface area contributed by atoms with Gasteiger partial charge in [0, 0.05) is 18.0 Å². The molecule has 2 aliphatic heterocycles. The molecule has 0 aromatic heterocycles. The lowest BCUT2D eigenvalue weighted by Gasteiger charge is -2.46. The molecule has 2 saturated heterocycles. The summed E-state index contributed by atoms with van der Waals surface area (Å²) in [4.78, 5) is 15.0. The summed E-state index contributed by atoms with van der Waals surface area (Å²) in [5.41, 5.74) is 0.142. The summed E-state index contributed by atoms with van der Waals surface area (Å²) in [6.07, 6.45) is 1.45. The van der Waals surface area contributed by atoms with Crippen LogP contribution < -0.4 is 4.74 Å². The predicted octanol–water partition coefficient (Wildman–Crippen LogP) is 2.13. The molecule has 0 amide bonds. The fourth-order valence-electron chi connectivity index (χ4n) is 3.35. The number of nitrogens with zero attached hydrogens (tertiary/aromatic N) is 1. The van der Waals surface area contributed by atoms with E-state index in [2.05, 4.69) is 11.9 Å². The topological polar surface area (TPSA) is 38.8 Å². The van der Waals surface area contributed by atoms with Gasteiger partial charge in [-0.25, -0.2) is 4.39 Å². The van der Waals surface area contributed by atoms with E-state index in [4.69, 9.17) is 9.47 Å². The van der Waals surface area contributed by atoms with Crippen LogP contribution in [0.15, 0.2) is 18.2 Å². The van der Waals surface area contributed by atoms with Gasteiger partial charge < -0.3 is 9.47 Å². The van der Waals surface area contributed by atoms with E-state index in [1.165, 1.54) is 25.3 Å². The molecule has 21 heavy (non-hydrogen) atoms. The number of fused-ring (bicyclic) bond motifs is 2. The van der Waals surface area contributed by atoms with Crippen molar-refractivity contribution in [2.75, 3.05) is 27.4 Å². The molecule has 0 spiro atoms. The molecular formula is C16H20FNO3. The van der Waals surface area contributed by atoms with Crippen molar-refractivity contribution >= 4 is 5.78 Å². The second kappa shape index (κ2) is 5.73. The summed E-state index contributed by atoms with van der Waals surface area (Å²) in [5, 5.41) is 0. The molecule has 2 bridgehead atoms. The number of Topliss-reactive ketones (excluding diaryl/α,β-unsaturated/α-hetero) is 1. The Morgan fingerprint density at radius 1 is 1.33 bits per heavy atom.